The standard InChI is InChI=1S/C19H13N3O6/c23-20(24)16-7-1-13(2-8-16)19(14-3-9-17(10-4-14)21(25)26)15-5-11-18(12-6-15)22(27)28/h1-12,19H. The van der Waals surface area contributed by atoms with Gasteiger partial charge in [0.15, 0.2) is 0 Å². The zero-order valence-corrected chi connectivity index (χ0v) is 14.3. The Morgan fingerprint density at radius 1 is 0.464 bits per heavy atom. The number of nitrogens with zero attached hydrogens (tertiary/aromatic N) is 3. The third kappa shape index (κ3) is 3.83. The van der Waals surface area contributed by atoms with Gasteiger partial charge in [-0.1, -0.05) is 36.4 Å². The van der Waals surface area contributed by atoms with Gasteiger partial charge in [-0.2, -0.15) is 0 Å². The van der Waals surface area contributed by atoms with Gasteiger partial charge in [0.05, 0.1) is 14.8 Å². The predicted molar refractivity (Wildman–Crippen MR) is 100 cm³/mol. The number of benzene rings is 3. The van der Waals surface area contributed by atoms with E-state index < -0.39 is 20.7 Å². The monoisotopic (exact) mass is 379 g/mol. The van der Waals surface area contributed by atoms with Gasteiger partial charge in [0.1, 0.15) is 0 Å². The zero-order valence-electron chi connectivity index (χ0n) is 14.3. The van der Waals surface area contributed by atoms with Crippen LogP contribution in [0.25, 0.3) is 0 Å². The average molecular weight is 379 g/mol. The molecule has 0 aliphatic rings. The van der Waals surface area contributed by atoms with Crippen molar-refractivity contribution in [3.8, 4) is 0 Å². The molecule has 0 aromatic heterocycles. The van der Waals surface area contributed by atoms with Crippen LogP contribution in [0.1, 0.15) is 22.6 Å². The van der Waals surface area contributed by atoms with Crippen LogP contribution in [0.15, 0.2) is 72.8 Å². The summed E-state index contributed by atoms with van der Waals surface area (Å²) in [5, 5.41) is 32.7. The van der Waals surface area contributed by atoms with Crippen LogP contribution in [0.4, 0.5) is 17.1 Å². The number of hydrogen-bond acceptors (Lipinski definition) is 6. The Hall–Kier alpha value is -4.14. The van der Waals surface area contributed by atoms with Gasteiger partial charge in [0.25, 0.3) is 17.1 Å². The maximum atomic E-state index is 10.9. The van der Waals surface area contributed by atoms with Crippen LogP contribution >= 0.6 is 0 Å². The highest BCUT2D eigenvalue weighted by Crippen LogP contribution is 2.34. The highest BCUT2D eigenvalue weighted by molar-refractivity contribution is 5.49. The highest BCUT2D eigenvalue weighted by atomic mass is 16.6. The SMILES string of the molecule is O=[N+]([O-])c1ccc(C(c2ccc([N+](=O)[O-])cc2)c2ccc([N+](=O)[O-])cc2)cc1. The van der Waals surface area contributed by atoms with Crippen LogP contribution in [0.3, 0.4) is 0 Å². The maximum absolute atomic E-state index is 10.9. The van der Waals surface area contributed by atoms with Gasteiger partial charge in [-0.15, -0.1) is 0 Å². The quantitative estimate of drug-likeness (QED) is 0.350. The topological polar surface area (TPSA) is 129 Å². The Labute approximate surface area is 158 Å². The number of nitro groups is 3. The van der Waals surface area contributed by atoms with E-state index in [1.54, 1.807) is 36.4 Å². The summed E-state index contributed by atoms with van der Waals surface area (Å²) in [7, 11) is 0. The van der Waals surface area contributed by atoms with Crippen LogP contribution in [0.5, 0.6) is 0 Å². The lowest BCUT2D eigenvalue weighted by atomic mass is 9.85. The van der Waals surface area contributed by atoms with Crippen LogP contribution in [-0.4, -0.2) is 14.8 Å². The largest absolute Gasteiger partial charge is 0.269 e. The Kier molecular flexibility index (Phi) is 5.07. The molecule has 0 spiro atoms. The Balaban J connectivity index is 2.08. The molecule has 0 saturated heterocycles. The molecule has 9 nitrogen and oxygen atoms in total. The summed E-state index contributed by atoms with van der Waals surface area (Å²) >= 11 is 0. The number of nitro benzene ring substituents is 3. The second kappa shape index (κ2) is 7.62. The minimum absolute atomic E-state index is 0.0603. The zero-order chi connectivity index (χ0) is 20.3. The molecule has 0 aliphatic carbocycles. The first kappa shape index (κ1) is 18.6. The van der Waals surface area contributed by atoms with Gasteiger partial charge in [0.2, 0.25) is 0 Å². The Morgan fingerprint density at radius 3 is 0.857 bits per heavy atom. The van der Waals surface area contributed by atoms with E-state index in [-0.39, 0.29) is 17.1 Å². The average Bonchev–Trinajstić information content (AvgIpc) is 2.69. The van der Waals surface area contributed by atoms with Crippen molar-refractivity contribution in [1.82, 2.24) is 0 Å². The molecule has 0 amide bonds. The molecule has 3 aromatic carbocycles. The molecule has 0 radical (unpaired) electrons. The van der Waals surface area contributed by atoms with Crippen molar-refractivity contribution >= 4 is 17.1 Å². The Morgan fingerprint density at radius 2 is 0.679 bits per heavy atom. The van der Waals surface area contributed by atoms with E-state index in [0.717, 1.165) is 0 Å². The first-order valence-electron chi connectivity index (χ1n) is 8.10. The predicted octanol–water partition coefficient (Wildman–Crippen LogP) is 4.59. The van der Waals surface area contributed by atoms with E-state index in [4.69, 9.17) is 0 Å². The van der Waals surface area contributed by atoms with Crippen molar-refractivity contribution in [2.24, 2.45) is 0 Å². The van der Waals surface area contributed by atoms with E-state index in [1.807, 2.05) is 0 Å². The third-order valence-electron chi connectivity index (χ3n) is 4.31. The van der Waals surface area contributed by atoms with Crippen molar-refractivity contribution in [3.63, 3.8) is 0 Å². The molecular formula is C19H13N3O6. The van der Waals surface area contributed by atoms with Gasteiger partial charge in [-0.05, 0) is 16.7 Å². The summed E-state index contributed by atoms with van der Waals surface area (Å²) in [6.07, 6.45) is 0. The molecule has 0 unspecified atom stereocenters. The Bertz CT molecular complexity index is 894. The van der Waals surface area contributed by atoms with Gasteiger partial charge in [0, 0.05) is 42.3 Å². The fourth-order valence-electron chi connectivity index (χ4n) is 2.94. The van der Waals surface area contributed by atoms with Crippen LogP contribution in [0, 0.1) is 30.3 Å². The van der Waals surface area contributed by atoms with Crippen molar-refractivity contribution in [2.75, 3.05) is 0 Å². The smallest absolute Gasteiger partial charge is 0.258 e. The number of non-ortho nitro benzene ring substituents is 3. The minimum atomic E-state index is -0.503. The lowest BCUT2D eigenvalue weighted by Crippen LogP contribution is -2.04. The molecule has 0 atom stereocenters. The van der Waals surface area contributed by atoms with E-state index in [2.05, 4.69) is 0 Å². The van der Waals surface area contributed by atoms with Crippen molar-refractivity contribution < 1.29 is 14.8 Å². The van der Waals surface area contributed by atoms with Gasteiger partial charge in [-0.3, -0.25) is 30.3 Å². The molecule has 9 heteroatoms. The summed E-state index contributed by atoms with van der Waals surface area (Å²) in [5.41, 5.74) is 1.97. The summed E-state index contributed by atoms with van der Waals surface area (Å²) in [6.45, 7) is 0. The number of rotatable bonds is 6. The molecule has 0 aliphatic heterocycles. The summed E-state index contributed by atoms with van der Waals surface area (Å²) in [4.78, 5) is 31.2. The van der Waals surface area contributed by atoms with E-state index in [9.17, 15) is 30.3 Å². The first-order valence-corrected chi connectivity index (χ1v) is 8.10. The fourth-order valence-corrected chi connectivity index (χ4v) is 2.94. The molecular weight excluding hydrogens is 366 g/mol. The van der Waals surface area contributed by atoms with Gasteiger partial charge < -0.3 is 0 Å². The second-order valence-corrected chi connectivity index (χ2v) is 5.98. The third-order valence-corrected chi connectivity index (χ3v) is 4.31. The maximum Gasteiger partial charge on any atom is 0.269 e. The lowest BCUT2D eigenvalue weighted by Gasteiger charge is -2.18. The molecule has 0 N–H and O–H groups in total. The molecule has 0 saturated carbocycles. The fraction of sp³-hybridized carbons (Fsp3) is 0.0526. The summed E-state index contributed by atoms with van der Waals surface area (Å²) in [5.74, 6) is -0.401. The molecule has 28 heavy (non-hydrogen) atoms. The molecule has 3 rings (SSSR count). The minimum Gasteiger partial charge on any atom is -0.258 e. The van der Waals surface area contributed by atoms with Crippen molar-refractivity contribution in [3.05, 3.63) is 120 Å². The van der Waals surface area contributed by atoms with E-state index in [0.29, 0.717) is 16.7 Å². The molecule has 0 bridgehead atoms. The highest BCUT2D eigenvalue weighted by Gasteiger charge is 2.20. The normalized spacial score (nSPS) is 10.6. The second-order valence-electron chi connectivity index (χ2n) is 5.98. The summed E-state index contributed by atoms with van der Waals surface area (Å²) < 4.78 is 0. The number of hydrogen-bond donors (Lipinski definition) is 0. The lowest BCUT2D eigenvalue weighted by molar-refractivity contribution is -0.385. The van der Waals surface area contributed by atoms with Crippen molar-refractivity contribution in [1.29, 1.82) is 0 Å². The molecule has 3 aromatic rings. The van der Waals surface area contributed by atoms with Crippen molar-refractivity contribution in [2.45, 2.75) is 5.92 Å². The van der Waals surface area contributed by atoms with Crippen LogP contribution in [-0.2, 0) is 0 Å². The van der Waals surface area contributed by atoms with Crippen LogP contribution < -0.4 is 0 Å². The molecule has 140 valence electrons. The van der Waals surface area contributed by atoms with Gasteiger partial charge >= 0.3 is 0 Å². The molecule has 0 fully saturated rings. The van der Waals surface area contributed by atoms with Crippen LogP contribution in [0.2, 0.25) is 0 Å². The van der Waals surface area contributed by atoms with Gasteiger partial charge in [-0.25, -0.2) is 0 Å². The van der Waals surface area contributed by atoms with E-state index >= 15 is 0 Å². The summed E-state index contributed by atoms with van der Waals surface area (Å²) in [6, 6.07) is 17.9. The first-order chi connectivity index (χ1) is 13.4. The molecule has 0 heterocycles. The van der Waals surface area contributed by atoms with E-state index in [1.165, 1.54) is 36.4 Å².